The number of carbonyl (C=O) groups excluding carboxylic acids is 2. The molecule has 1 aliphatic carbocycles. The van der Waals surface area contributed by atoms with Crippen molar-refractivity contribution in [1.82, 2.24) is 4.90 Å². The van der Waals surface area contributed by atoms with Crippen molar-refractivity contribution in [2.24, 2.45) is 5.92 Å². The number of nitrogens with one attached hydrogen (secondary N) is 1. The molecule has 0 spiro atoms. The first-order valence-electron chi connectivity index (χ1n) is 7.38. The molecule has 114 valence electrons. The third-order valence-corrected chi connectivity index (χ3v) is 3.49. The van der Waals surface area contributed by atoms with Crippen LogP contribution in [0.4, 0.5) is 10.5 Å². The third kappa shape index (κ3) is 4.48. The maximum atomic E-state index is 12.3. The van der Waals surface area contributed by atoms with Gasteiger partial charge in [0.15, 0.2) is 0 Å². The van der Waals surface area contributed by atoms with Crippen LogP contribution in [-0.4, -0.2) is 37.1 Å². The van der Waals surface area contributed by atoms with Crippen molar-refractivity contribution in [3.8, 4) is 0 Å². The zero-order chi connectivity index (χ0) is 15.2. The minimum absolute atomic E-state index is 0.106. The van der Waals surface area contributed by atoms with Crippen molar-refractivity contribution < 1.29 is 14.3 Å². The largest absolute Gasteiger partial charge is 0.465 e. The van der Waals surface area contributed by atoms with Crippen molar-refractivity contribution >= 4 is 17.7 Å². The summed E-state index contributed by atoms with van der Waals surface area (Å²) in [7, 11) is 1.34. The van der Waals surface area contributed by atoms with Crippen molar-refractivity contribution in [2.45, 2.75) is 26.2 Å². The zero-order valence-corrected chi connectivity index (χ0v) is 12.6. The van der Waals surface area contributed by atoms with Crippen LogP contribution >= 0.6 is 0 Å². The van der Waals surface area contributed by atoms with Gasteiger partial charge in [-0.25, -0.2) is 9.59 Å². The summed E-state index contributed by atoms with van der Waals surface area (Å²) in [5.41, 5.74) is 1.04. The van der Waals surface area contributed by atoms with Crippen LogP contribution in [0.25, 0.3) is 0 Å². The molecule has 2 amide bonds. The number of rotatable bonds is 6. The average molecular weight is 290 g/mol. The smallest absolute Gasteiger partial charge is 0.337 e. The van der Waals surface area contributed by atoms with Crippen LogP contribution in [0.2, 0.25) is 0 Å². The molecule has 5 heteroatoms. The van der Waals surface area contributed by atoms with E-state index < -0.39 is 5.97 Å². The van der Waals surface area contributed by atoms with Crippen molar-refractivity contribution in [3.63, 3.8) is 0 Å². The Morgan fingerprint density at radius 3 is 2.76 bits per heavy atom. The number of nitrogens with zero attached hydrogens (tertiary/aromatic N) is 1. The molecule has 1 aliphatic rings. The van der Waals surface area contributed by atoms with E-state index in [1.165, 1.54) is 20.0 Å². The van der Waals surface area contributed by atoms with E-state index in [1.807, 2.05) is 4.90 Å². The Balaban J connectivity index is 2.01. The van der Waals surface area contributed by atoms with E-state index in [0.717, 1.165) is 19.5 Å². The molecule has 0 unspecified atom stereocenters. The molecule has 0 saturated heterocycles. The molecule has 0 bridgehead atoms. The quantitative estimate of drug-likeness (QED) is 0.819. The molecule has 0 heterocycles. The van der Waals surface area contributed by atoms with Crippen molar-refractivity contribution in [2.75, 3.05) is 25.5 Å². The van der Waals surface area contributed by atoms with Gasteiger partial charge < -0.3 is 15.0 Å². The lowest BCUT2D eigenvalue weighted by atomic mass is 10.2. The third-order valence-electron chi connectivity index (χ3n) is 3.49. The van der Waals surface area contributed by atoms with Gasteiger partial charge in [0, 0.05) is 18.8 Å². The predicted octanol–water partition coefficient (Wildman–Crippen LogP) is 3.13. The maximum absolute atomic E-state index is 12.3. The molecule has 1 aromatic rings. The van der Waals surface area contributed by atoms with E-state index in [2.05, 4.69) is 17.0 Å². The number of hydrogen-bond acceptors (Lipinski definition) is 3. The Labute approximate surface area is 125 Å². The van der Waals surface area contributed by atoms with Crippen LogP contribution in [0.5, 0.6) is 0 Å². The number of urea groups is 1. The van der Waals surface area contributed by atoms with Crippen LogP contribution < -0.4 is 5.32 Å². The molecule has 1 N–H and O–H groups in total. The highest BCUT2D eigenvalue weighted by Gasteiger charge is 2.26. The fourth-order valence-corrected chi connectivity index (χ4v) is 2.20. The molecule has 0 radical (unpaired) electrons. The van der Waals surface area contributed by atoms with Crippen LogP contribution in [-0.2, 0) is 4.74 Å². The van der Waals surface area contributed by atoms with Crippen LogP contribution in [0.15, 0.2) is 24.3 Å². The normalized spacial score (nSPS) is 13.6. The lowest BCUT2D eigenvalue weighted by Gasteiger charge is -2.22. The molecule has 0 atom stereocenters. The molecule has 5 nitrogen and oxygen atoms in total. The lowest BCUT2D eigenvalue weighted by Crippen LogP contribution is -2.37. The Hall–Kier alpha value is -2.04. The van der Waals surface area contributed by atoms with Crippen molar-refractivity contribution in [3.05, 3.63) is 29.8 Å². The van der Waals surface area contributed by atoms with Gasteiger partial charge in [0.05, 0.1) is 12.7 Å². The van der Waals surface area contributed by atoms with Gasteiger partial charge in [-0.05, 0) is 43.4 Å². The molecule has 2 rings (SSSR count). The van der Waals surface area contributed by atoms with Crippen molar-refractivity contribution in [1.29, 1.82) is 0 Å². The number of ether oxygens (including phenoxy) is 1. The highest BCUT2D eigenvalue weighted by Crippen LogP contribution is 2.30. The fraction of sp³-hybridized carbons (Fsp3) is 0.500. The molecule has 1 fully saturated rings. The summed E-state index contributed by atoms with van der Waals surface area (Å²) in [4.78, 5) is 25.7. The summed E-state index contributed by atoms with van der Waals surface area (Å²) in [6.45, 7) is 3.63. The zero-order valence-electron chi connectivity index (χ0n) is 12.6. The van der Waals surface area contributed by atoms with E-state index in [9.17, 15) is 9.59 Å². The number of methoxy groups -OCH3 is 1. The second-order valence-electron chi connectivity index (χ2n) is 5.39. The molecule has 21 heavy (non-hydrogen) atoms. The summed E-state index contributed by atoms with van der Waals surface area (Å²) in [6.07, 6.45) is 3.36. The van der Waals surface area contributed by atoms with Crippen LogP contribution in [0.3, 0.4) is 0 Å². The SMILES string of the molecule is CCCN(CC1CC1)C(=O)Nc1cccc(C(=O)OC)c1. The second kappa shape index (κ2) is 7.11. The summed E-state index contributed by atoms with van der Waals surface area (Å²) in [5, 5.41) is 2.86. The first kappa shape index (κ1) is 15.4. The molecule has 0 aliphatic heterocycles. The van der Waals surface area contributed by atoms with E-state index >= 15 is 0 Å². The Morgan fingerprint density at radius 1 is 1.38 bits per heavy atom. The number of hydrogen-bond donors (Lipinski definition) is 1. The van der Waals surface area contributed by atoms with E-state index in [4.69, 9.17) is 0 Å². The monoisotopic (exact) mass is 290 g/mol. The van der Waals surface area contributed by atoms with Gasteiger partial charge in [-0.1, -0.05) is 13.0 Å². The highest BCUT2D eigenvalue weighted by atomic mass is 16.5. The number of anilines is 1. The predicted molar refractivity (Wildman–Crippen MR) is 81.4 cm³/mol. The minimum atomic E-state index is -0.408. The fourth-order valence-electron chi connectivity index (χ4n) is 2.20. The number of carbonyl (C=O) groups is 2. The standard InChI is InChI=1S/C16H22N2O3/c1-3-9-18(11-12-7-8-12)16(20)17-14-6-4-5-13(10-14)15(19)21-2/h4-6,10,12H,3,7-9,11H2,1-2H3,(H,17,20). The van der Waals surface area contributed by atoms with Gasteiger partial charge in [0.25, 0.3) is 0 Å². The number of esters is 1. The topological polar surface area (TPSA) is 58.6 Å². The molecule has 0 aromatic heterocycles. The Morgan fingerprint density at radius 2 is 2.14 bits per heavy atom. The van der Waals surface area contributed by atoms with E-state index in [0.29, 0.717) is 17.2 Å². The van der Waals surface area contributed by atoms with Crippen LogP contribution in [0.1, 0.15) is 36.5 Å². The van der Waals surface area contributed by atoms with Gasteiger partial charge >= 0.3 is 12.0 Å². The van der Waals surface area contributed by atoms with Gasteiger partial charge in [0.1, 0.15) is 0 Å². The average Bonchev–Trinajstić information content (AvgIpc) is 3.30. The van der Waals surface area contributed by atoms with Gasteiger partial charge in [-0.2, -0.15) is 0 Å². The van der Waals surface area contributed by atoms with Gasteiger partial charge in [-0.15, -0.1) is 0 Å². The summed E-state index contributed by atoms with van der Waals surface area (Å²) in [6, 6.07) is 6.68. The maximum Gasteiger partial charge on any atom is 0.337 e. The first-order valence-corrected chi connectivity index (χ1v) is 7.38. The number of amides is 2. The Bertz CT molecular complexity index is 512. The summed E-state index contributed by atoms with van der Waals surface area (Å²) >= 11 is 0. The Kier molecular flexibility index (Phi) is 5.20. The summed E-state index contributed by atoms with van der Waals surface area (Å²) in [5.74, 6) is 0.248. The molecular formula is C16H22N2O3. The minimum Gasteiger partial charge on any atom is -0.465 e. The molecule has 1 saturated carbocycles. The van der Waals surface area contributed by atoms with E-state index in [1.54, 1.807) is 24.3 Å². The van der Waals surface area contributed by atoms with E-state index in [-0.39, 0.29) is 6.03 Å². The van der Waals surface area contributed by atoms with Gasteiger partial charge in [-0.3, -0.25) is 0 Å². The molecular weight excluding hydrogens is 268 g/mol. The lowest BCUT2D eigenvalue weighted by molar-refractivity contribution is 0.0600. The molecule has 1 aromatic carbocycles. The first-order chi connectivity index (χ1) is 10.1. The second-order valence-corrected chi connectivity index (χ2v) is 5.39. The van der Waals surface area contributed by atoms with Crippen LogP contribution in [0, 0.1) is 5.92 Å². The van der Waals surface area contributed by atoms with Gasteiger partial charge in [0.2, 0.25) is 0 Å². The highest BCUT2D eigenvalue weighted by molar-refractivity contribution is 5.93. The summed E-state index contributed by atoms with van der Waals surface area (Å²) < 4.78 is 4.68. The number of benzene rings is 1.